The van der Waals surface area contributed by atoms with Crippen LogP contribution in [-0.2, 0) is 11.3 Å². The van der Waals surface area contributed by atoms with Crippen LogP contribution in [0.15, 0.2) is 22.8 Å². The molecular formula is C15H24N2O2. The lowest BCUT2D eigenvalue weighted by molar-refractivity contribution is 0.0683. The summed E-state index contributed by atoms with van der Waals surface area (Å²) in [6.45, 7) is 6.33. The van der Waals surface area contributed by atoms with Crippen LogP contribution in [-0.4, -0.2) is 43.7 Å². The van der Waals surface area contributed by atoms with Crippen molar-refractivity contribution in [3.63, 3.8) is 0 Å². The van der Waals surface area contributed by atoms with Crippen LogP contribution < -0.4 is 5.32 Å². The van der Waals surface area contributed by atoms with Gasteiger partial charge in [0.15, 0.2) is 0 Å². The Balaban J connectivity index is 1.25. The zero-order valence-electron chi connectivity index (χ0n) is 11.5. The molecule has 4 heterocycles. The second-order valence-corrected chi connectivity index (χ2v) is 5.68. The predicted molar refractivity (Wildman–Crippen MR) is 73.9 cm³/mol. The van der Waals surface area contributed by atoms with E-state index in [0.29, 0.717) is 12.6 Å². The van der Waals surface area contributed by atoms with Crippen LogP contribution in [0.5, 0.6) is 0 Å². The molecule has 0 saturated carbocycles. The number of nitrogens with zero attached hydrogens (tertiary/aromatic N) is 1. The Hall–Kier alpha value is -0.840. The Morgan fingerprint density at radius 2 is 2.26 bits per heavy atom. The molecule has 3 aliphatic heterocycles. The van der Waals surface area contributed by atoms with Crippen LogP contribution in [0, 0.1) is 5.92 Å². The molecule has 0 amide bonds. The normalized spacial score (nSPS) is 29.8. The van der Waals surface area contributed by atoms with Crippen LogP contribution in [0.4, 0.5) is 0 Å². The number of ether oxygens (including phenoxy) is 1. The third-order valence-electron chi connectivity index (χ3n) is 4.35. The summed E-state index contributed by atoms with van der Waals surface area (Å²) in [5.74, 6) is 1.82. The predicted octanol–water partition coefficient (Wildman–Crippen LogP) is 1.87. The van der Waals surface area contributed by atoms with Gasteiger partial charge in [-0.1, -0.05) is 0 Å². The summed E-state index contributed by atoms with van der Waals surface area (Å²) in [5.41, 5.74) is 0. The minimum absolute atomic E-state index is 0.590. The monoisotopic (exact) mass is 264 g/mol. The van der Waals surface area contributed by atoms with Crippen molar-refractivity contribution >= 4 is 0 Å². The minimum atomic E-state index is 0.590. The second kappa shape index (κ2) is 6.55. The van der Waals surface area contributed by atoms with Crippen LogP contribution in [0.1, 0.15) is 25.0 Å². The molecule has 0 aliphatic carbocycles. The van der Waals surface area contributed by atoms with Crippen molar-refractivity contribution in [3.8, 4) is 0 Å². The van der Waals surface area contributed by atoms with Gasteiger partial charge in [-0.15, -0.1) is 0 Å². The molecule has 0 spiro atoms. The lowest BCUT2D eigenvalue weighted by Crippen LogP contribution is -2.56. The maximum atomic E-state index is 5.59. The largest absolute Gasteiger partial charge is 0.467 e. The van der Waals surface area contributed by atoms with Gasteiger partial charge < -0.3 is 19.4 Å². The first-order valence-corrected chi connectivity index (χ1v) is 7.48. The molecule has 0 aromatic carbocycles. The molecule has 4 nitrogen and oxygen atoms in total. The summed E-state index contributed by atoms with van der Waals surface area (Å²) in [7, 11) is 0. The van der Waals surface area contributed by atoms with Gasteiger partial charge in [-0.2, -0.15) is 0 Å². The Labute approximate surface area is 115 Å². The van der Waals surface area contributed by atoms with Crippen LogP contribution in [0.25, 0.3) is 0 Å². The van der Waals surface area contributed by atoms with E-state index in [4.69, 9.17) is 9.15 Å². The molecule has 3 saturated heterocycles. The molecule has 1 N–H and O–H groups in total. The van der Waals surface area contributed by atoms with E-state index in [1.54, 1.807) is 6.26 Å². The second-order valence-electron chi connectivity index (χ2n) is 5.68. The van der Waals surface area contributed by atoms with E-state index >= 15 is 0 Å². The van der Waals surface area contributed by atoms with E-state index in [9.17, 15) is 0 Å². The molecule has 1 unspecified atom stereocenters. The Morgan fingerprint density at radius 1 is 1.37 bits per heavy atom. The highest BCUT2D eigenvalue weighted by Gasteiger charge is 2.33. The third kappa shape index (κ3) is 3.59. The zero-order chi connectivity index (χ0) is 12.9. The molecule has 0 radical (unpaired) electrons. The van der Waals surface area contributed by atoms with Gasteiger partial charge in [0.25, 0.3) is 0 Å². The van der Waals surface area contributed by atoms with Gasteiger partial charge in [0.05, 0.1) is 6.26 Å². The molecule has 106 valence electrons. The lowest BCUT2D eigenvalue weighted by atomic mass is 9.84. The van der Waals surface area contributed by atoms with Crippen LogP contribution in [0.3, 0.4) is 0 Å². The van der Waals surface area contributed by atoms with Crippen molar-refractivity contribution in [2.24, 2.45) is 5.92 Å². The molecule has 3 aliphatic rings. The molecule has 4 rings (SSSR count). The first kappa shape index (κ1) is 13.2. The molecule has 19 heavy (non-hydrogen) atoms. The SMILES string of the molecule is c1coc(COCCCNC2CN3CCC2CC3)c1. The molecular weight excluding hydrogens is 240 g/mol. The minimum Gasteiger partial charge on any atom is -0.467 e. The maximum absolute atomic E-state index is 5.59. The van der Waals surface area contributed by atoms with Crippen molar-refractivity contribution < 1.29 is 9.15 Å². The molecule has 1 atom stereocenters. The summed E-state index contributed by atoms with van der Waals surface area (Å²) in [4.78, 5) is 2.59. The van der Waals surface area contributed by atoms with Crippen molar-refractivity contribution in [1.82, 2.24) is 10.2 Å². The highest BCUT2D eigenvalue weighted by Crippen LogP contribution is 2.27. The van der Waals surface area contributed by atoms with Gasteiger partial charge in [0.2, 0.25) is 0 Å². The smallest absolute Gasteiger partial charge is 0.129 e. The molecule has 2 bridgehead atoms. The Kier molecular flexibility index (Phi) is 4.53. The number of rotatable bonds is 7. The average Bonchev–Trinajstić information content (AvgIpc) is 2.97. The first-order valence-electron chi connectivity index (χ1n) is 7.48. The van der Waals surface area contributed by atoms with E-state index in [2.05, 4.69) is 10.2 Å². The van der Waals surface area contributed by atoms with E-state index in [1.807, 2.05) is 12.1 Å². The summed E-state index contributed by atoms with van der Waals surface area (Å²) >= 11 is 0. The summed E-state index contributed by atoms with van der Waals surface area (Å²) < 4.78 is 10.8. The maximum Gasteiger partial charge on any atom is 0.129 e. The van der Waals surface area contributed by atoms with Crippen LogP contribution >= 0.6 is 0 Å². The van der Waals surface area contributed by atoms with Gasteiger partial charge in [0.1, 0.15) is 12.4 Å². The fourth-order valence-electron chi connectivity index (χ4n) is 3.23. The third-order valence-corrected chi connectivity index (χ3v) is 4.35. The van der Waals surface area contributed by atoms with Gasteiger partial charge in [-0.25, -0.2) is 0 Å². The Morgan fingerprint density at radius 3 is 2.95 bits per heavy atom. The van der Waals surface area contributed by atoms with Crippen molar-refractivity contribution in [2.45, 2.75) is 31.9 Å². The summed E-state index contributed by atoms with van der Waals surface area (Å²) in [6.07, 6.45) is 5.52. The van der Waals surface area contributed by atoms with Crippen molar-refractivity contribution in [3.05, 3.63) is 24.2 Å². The fraction of sp³-hybridized carbons (Fsp3) is 0.733. The number of hydrogen-bond acceptors (Lipinski definition) is 4. The first-order chi connectivity index (χ1) is 9.42. The topological polar surface area (TPSA) is 37.6 Å². The number of furan rings is 1. The molecule has 1 aromatic rings. The fourth-order valence-corrected chi connectivity index (χ4v) is 3.23. The standard InChI is InChI=1S/C15H24N2O2/c1-3-14(19-10-1)12-18-9-2-6-16-15-11-17-7-4-13(15)5-8-17/h1,3,10,13,15-16H,2,4-9,11-12H2. The molecule has 4 heteroatoms. The van der Waals surface area contributed by atoms with Gasteiger partial charge in [-0.05, 0) is 56.9 Å². The summed E-state index contributed by atoms with van der Waals surface area (Å²) in [5, 5.41) is 3.70. The van der Waals surface area contributed by atoms with E-state index in [0.717, 1.165) is 31.3 Å². The van der Waals surface area contributed by atoms with E-state index < -0.39 is 0 Å². The van der Waals surface area contributed by atoms with Crippen LogP contribution in [0.2, 0.25) is 0 Å². The van der Waals surface area contributed by atoms with E-state index in [-0.39, 0.29) is 0 Å². The quantitative estimate of drug-likeness (QED) is 0.763. The zero-order valence-corrected chi connectivity index (χ0v) is 11.5. The van der Waals surface area contributed by atoms with Gasteiger partial charge in [-0.3, -0.25) is 0 Å². The van der Waals surface area contributed by atoms with Crippen molar-refractivity contribution in [2.75, 3.05) is 32.8 Å². The molecule has 3 fully saturated rings. The number of fused-ring (bicyclic) bond motifs is 3. The molecule has 1 aromatic heterocycles. The Bertz CT molecular complexity index is 358. The number of nitrogens with one attached hydrogen (secondary N) is 1. The van der Waals surface area contributed by atoms with E-state index in [1.165, 1.54) is 32.5 Å². The van der Waals surface area contributed by atoms with Gasteiger partial charge >= 0.3 is 0 Å². The number of piperidine rings is 3. The number of hydrogen-bond donors (Lipinski definition) is 1. The van der Waals surface area contributed by atoms with Gasteiger partial charge in [0, 0.05) is 19.2 Å². The highest BCUT2D eigenvalue weighted by molar-refractivity contribution is 4.96. The average molecular weight is 264 g/mol. The summed E-state index contributed by atoms with van der Waals surface area (Å²) in [6, 6.07) is 4.56. The highest BCUT2D eigenvalue weighted by atomic mass is 16.5. The van der Waals surface area contributed by atoms with Crippen molar-refractivity contribution in [1.29, 1.82) is 0 Å². The lowest BCUT2D eigenvalue weighted by Gasteiger charge is -2.45.